The molecule has 2 atom stereocenters. The maximum atomic E-state index is 12.9. The van der Waals surface area contributed by atoms with Gasteiger partial charge >= 0.3 is 12.0 Å². The Morgan fingerprint density at radius 2 is 1.86 bits per heavy atom. The first kappa shape index (κ1) is 21.4. The van der Waals surface area contributed by atoms with E-state index in [0.29, 0.717) is 19.2 Å². The minimum atomic E-state index is -0.784. The van der Waals surface area contributed by atoms with Gasteiger partial charge in [0, 0.05) is 37.2 Å². The van der Waals surface area contributed by atoms with Gasteiger partial charge in [-0.05, 0) is 45.6 Å². The van der Waals surface area contributed by atoms with E-state index in [1.807, 2.05) is 16.7 Å². The van der Waals surface area contributed by atoms with Gasteiger partial charge in [0.1, 0.15) is 0 Å². The summed E-state index contributed by atoms with van der Waals surface area (Å²) in [5.41, 5.74) is 0.142. The SMILES string of the molecule is CCOC1CC(NC(=O)N2CCC(N(CC)CC(=O)O)CC2)C12CCCCC2. The van der Waals surface area contributed by atoms with Crippen molar-refractivity contribution in [1.82, 2.24) is 15.1 Å². The molecule has 0 radical (unpaired) electrons. The fourth-order valence-corrected chi connectivity index (χ4v) is 5.61. The standard InChI is InChI=1S/C21H37N3O4/c1-3-23(15-19(25)26)16-8-12-24(13-9-16)20(27)22-17-14-18(28-4-2)21(17)10-6-5-7-11-21/h16-18H,3-15H2,1-2H3,(H,22,27)(H,25,26). The zero-order valence-corrected chi connectivity index (χ0v) is 17.5. The van der Waals surface area contributed by atoms with E-state index < -0.39 is 5.97 Å². The van der Waals surface area contributed by atoms with Gasteiger partial charge < -0.3 is 20.1 Å². The summed E-state index contributed by atoms with van der Waals surface area (Å²) in [6.07, 6.45) is 8.98. The number of urea groups is 1. The van der Waals surface area contributed by atoms with Gasteiger partial charge in [-0.1, -0.05) is 26.2 Å². The van der Waals surface area contributed by atoms with Gasteiger partial charge in [-0.3, -0.25) is 9.69 Å². The number of carbonyl (C=O) groups is 2. The fourth-order valence-electron chi connectivity index (χ4n) is 5.61. The van der Waals surface area contributed by atoms with Crippen molar-refractivity contribution in [2.75, 3.05) is 32.8 Å². The van der Waals surface area contributed by atoms with Crippen LogP contribution in [0.1, 0.15) is 65.2 Å². The Kier molecular flexibility index (Phi) is 7.20. The number of ether oxygens (including phenoxy) is 1. The lowest BCUT2D eigenvalue weighted by molar-refractivity contribution is -0.147. The van der Waals surface area contributed by atoms with E-state index in [2.05, 4.69) is 12.2 Å². The lowest BCUT2D eigenvalue weighted by atomic mass is 9.55. The van der Waals surface area contributed by atoms with Crippen molar-refractivity contribution in [3.05, 3.63) is 0 Å². The van der Waals surface area contributed by atoms with E-state index >= 15 is 0 Å². The Bertz CT molecular complexity index is 542. The van der Waals surface area contributed by atoms with Gasteiger partial charge in [0.25, 0.3) is 0 Å². The number of rotatable bonds is 7. The molecule has 7 nitrogen and oxygen atoms in total. The van der Waals surface area contributed by atoms with Gasteiger partial charge in [0.15, 0.2) is 0 Å². The summed E-state index contributed by atoms with van der Waals surface area (Å²) in [6.45, 7) is 6.99. The monoisotopic (exact) mass is 395 g/mol. The van der Waals surface area contributed by atoms with Gasteiger partial charge in [-0.2, -0.15) is 0 Å². The van der Waals surface area contributed by atoms with Crippen LogP contribution in [0.25, 0.3) is 0 Å². The number of nitrogens with zero attached hydrogens (tertiary/aromatic N) is 2. The molecule has 3 fully saturated rings. The highest BCUT2D eigenvalue weighted by molar-refractivity contribution is 5.75. The Morgan fingerprint density at radius 1 is 1.18 bits per heavy atom. The first-order valence-electron chi connectivity index (χ1n) is 11.1. The van der Waals surface area contributed by atoms with Crippen molar-refractivity contribution in [3.8, 4) is 0 Å². The third kappa shape index (κ3) is 4.46. The van der Waals surface area contributed by atoms with Crippen molar-refractivity contribution < 1.29 is 19.4 Å². The molecule has 1 saturated heterocycles. The maximum Gasteiger partial charge on any atom is 0.317 e. The molecule has 2 N–H and O–H groups in total. The molecular formula is C21H37N3O4. The second kappa shape index (κ2) is 9.44. The third-order valence-electron chi connectivity index (χ3n) is 7.25. The molecule has 1 spiro atoms. The van der Waals surface area contributed by atoms with Crippen molar-refractivity contribution in [2.24, 2.45) is 5.41 Å². The molecule has 2 saturated carbocycles. The van der Waals surface area contributed by atoms with Crippen LogP contribution in [0.2, 0.25) is 0 Å². The fraction of sp³-hybridized carbons (Fsp3) is 0.905. The number of piperidine rings is 1. The molecule has 0 bridgehead atoms. The summed E-state index contributed by atoms with van der Waals surface area (Å²) < 4.78 is 5.99. The average Bonchev–Trinajstić information content (AvgIpc) is 2.71. The minimum Gasteiger partial charge on any atom is -0.480 e. The maximum absolute atomic E-state index is 12.9. The number of aliphatic carboxylic acids is 1. The molecule has 2 unspecified atom stereocenters. The van der Waals surface area contributed by atoms with Crippen LogP contribution in [0, 0.1) is 5.41 Å². The number of nitrogens with one attached hydrogen (secondary N) is 1. The number of carbonyl (C=O) groups excluding carboxylic acids is 1. The lowest BCUT2D eigenvalue weighted by Crippen LogP contribution is -2.67. The number of likely N-dealkylation sites (tertiary alicyclic amines) is 1. The highest BCUT2D eigenvalue weighted by atomic mass is 16.5. The van der Waals surface area contributed by atoms with E-state index in [9.17, 15) is 9.59 Å². The molecule has 2 aliphatic carbocycles. The van der Waals surface area contributed by atoms with Crippen LogP contribution < -0.4 is 5.32 Å². The van der Waals surface area contributed by atoms with Crippen LogP contribution in [-0.2, 0) is 9.53 Å². The van der Waals surface area contributed by atoms with Gasteiger partial charge in [-0.25, -0.2) is 4.79 Å². The summed E-state index contributed by atoms with van der Waals surface area (Å²) >= 11 is 0. The molecule has 3 aliphatic rings. The zero-order valence-electron chi connectivity index (χ0n) is 17.5. The van der Waals surface area contributed by atoms with Crippen LogP contribution in [0.3, 0.4) is 0 Å². The van der Waals surface area contributed by atoms with Gasteiger partial charge in [-0.15, -0.1) is 0 Å². The Labute approximate surface area is 168 Å². The molecular weight excluding hydrogens is 358 g/mol. The molecule has 160 valence electrons. The van der Waals surface area contributed by atoms with Crippen molar-refractivity contribution in [2.45, 2.75) is 83.4 Å². The molecule has 7 heteroatoms. The first-order valence-corrected chi connectivity index (χ1v) is 11.1. The highest BCUT2D eigenvalue weighted by Crippen LogP contribution is 2.53. The van der Waals surface area contributed by atoms with E-state index in [1.165, 1.54) is 19.3 Å². The topological polar surface area (TPSA) is 82.1 Å². The third-order valence-corrected chi connectivity index (χ3v) is 7.25. The van der Waals surface area contributed by atoms with E-state index in [1.54, 1.807) is 0 Å². The number of carboxylic acid groups (broad SMARTS) is 1. The van der Waals surface area contributed by atoms with E-state index in [0.717, 1.165) is 45.3 Å². The summed E-state index contributed by atoms with van der Waals surface area (Å²) in [6, 6.07) is 0.527. The molecule has 1 heterocycles. The molecule has 0 aromatic heterocycles. The second-order valence-corrected chi connectivity index (χ2v) is 8.65. The average molecular weight is 396 g/mol. The molecule has 0 aromatic rings. The summed E-state index contributed by atoms with van der Waals surface area (Å²) in [5, 5.41) is 12.4. The molecule has 3 rings (SSSR count). The molecule has 1 aliphatic heterocycles. The number of carboxylic acids is 1. The van der Waals surface area contributed by atoms with Crippen LogP contribution in [0.5, 0.6) is 0 Å². The predicted molar refractivity (Wildman–Crippen MR) is 107 cm³/mol. The largest absolute Gasteiger partial charge is 0.480 e. The lowest BCUT2D eigenvalue weighted by Gasteiger charge is -2.57. The first-order chi connectivity index (χ1) is 13.5. The minimum absolute atomic E-state index is 0.0460. The molecule has 0 aromatic carbocycles. The van der Waals surface area contributed by atoms with Crippen LogP contribution >= 0.6 is 0 Å². The van der Waals surface area contributed by atoms with Crippen LogP contribution in [0.15, 0.2) is 0 Å². The van der Waals surface area contributed by atoms with Crippen LogP contribution in [0.4, 0.5) is 4.79 Å². The van der Waals surface area contributed by atoms with E-state index in [4.69, 9.17) is 9.84 Å². The summed E-state index contributed by atoms with van der Waals surface area (Å²) in [7, 11) is 0. The van der Waals surface area contributed by atoms with Gasteiger partial charge in [0.2, 0.25) is 0 Å². The van der Waals surface area contributed by atoms with Crippen LogP contribution in [-0.4, -0.2) is 77.9 Å². The zero-order chi connectivity index (χ0) is 20.1. The summed E-state index contributed by atoms with van der Waals surface area (Å²) in [4.78, 5) is 27.8. The molecule has 2 amide bonds. The molecule has 28 heavy (non-hydrogen) atoms. The van der Waals surface area contributed by atoms with Gasteiger partial charge in [0.05, 0.1) is 12.6 Å². The van der Waals surface area contributed by atoms with E-state index in [-0.39, 0.29) is 30.1 Å². The highest BCUT2D eigenvalue weighted by Gasteiger charge is 2.56. The number of hydrogen-bond acceptors (Lipinski definition) is 4. The number of likely N-dealkylation sites (N-methyl/N-ethyl adjacent to an activating group) is 1. The normalized spacial score (nSPS) is 27.6. The summed E-state index contributed by atoms with van der Waals surface area (Å²) in [5.74, 6) is -0.784. The quantitative estimate of drug-likeness (QED) is 0.693. The number of amides is 2. The Balaban J connectivity index is 1.51. The van der Waals surface area contributed by atoms with Crippen molar-refractivity contribution in [3.63, 3.8) is 0 Å². The Hall–Kier alpha value is -1.34. The predicted octanol–water partition coefficient (Wildman–Crippen LogP) is 2.69. The van der Waals surface area contributed by atoms with Crippen molar-refractivity contribution in [1.29, 1.82) is 0 Å². The second-order valence-electron chi connectivity index (χ2n) is 8.65. The Morgan fingerprint density at radius 3 is 2.43 bits per heavy atom. The van der Waals surface area contributed by atoms with Crippen molar-refractivity contribution >= 4 is 12.0 Å². The number of hydrogen-bond donors (Lipinski definition) is 2. The smallest absolute Gasteiger partial charge is 0.317 e.